The monoisotopic (exact) mass is 248 g/mol. The number of nitrogens with one attached hydrogen (secondary N) is 2. The van der Waals surface area contributed by atoms with Gasteiger partial charge in [0.2, 0.25) is 5.82 Å². The van der Waals surface area contributed by atoms with Crippen LogP contribution in [-0.2, 0) is 4.74 Å². The van der Waals surface area contributed by atoms with Crippen LogP contribution in [0.2, 0.25) is 0 Å². The molecule has 1 unspecified atom stereocenters. The van der Waals surface area contributed by atoms with Gasteiger partial charge in [-0.15, -0.1) is 0 Å². The van der Waals surface area contributed by atoms with E-state index in [0.29, 0.717) is 24.5 Å². The lowest BCUT2D eigenvalue weighted by Gasteiger charge is -2.20. The van der Waals surface area contributed by atoms with Gasteiger partial charge in [-0.25, -0.2) is 0 Å². The molecule has 3 rings (SSSR count). The number of aromatic nitrogens is 3. The van der Waals surface area contributed by atoms with Crippen molar-refractivity contribution in [1.82, 2.24) is 20.4 Å². The van der Waals surface area contributed by atoms with E-state index in [1.807, 2.05) is 0 Å². The summed E-state index contributed by atoms with van der Waals surface area (Å²) in [5.74, 6) is 0.668. The van der Waals surface area contributed by atoms with Gasteiger partial charge in [-0.3, -0.25) is 4.79 Å². The Morgan fingerprint density at radius 2 is 2.39 bits per heavy atom. The minimum Gasteiger partial charge on any atom is -0.367 e. The molecule has 7 heteroatoms. The van der Waals surface area contributed by atoms with Crippen LogP contribution < -0.4 is 10.7 Å². The quantitative estimate of drug-likeness (QED) is 0.782. The van der Waals surface area contributed by atoms with Crippen molar-refractivity contribution in [1.29, 1.82) is 0 Å². The van der Waals surface area contributed by atoms with Gasteiger partial charge in [-0.05, 0) is 0 Å². The third kappa shape index (κ3) is 2.05. The molecule has 1 atom stereocenters. The van der Waals surface area contributed by atoms with E-state index in [1.165, 1.54) is 6.07 Å². The second-order valence-electron chi connectivity index (χ2n) is 3.94. The molecule has 0 amide bonds. The molecule has 1 aliphatic heterocycles. The molecule has 1 saturated heterocycles. The molecule has 0 saturated carbocycles. The van der Waals surface area contributed by atoms with Crippen LogP contribution in [0.1, 0.15) is 11.9 Å². The largest absolute Gasteiger partial charge is 0.367 e. The van der Waals surface area contributed by atoms with E-state index in [2.05, 4.69) is 20.4 Å². The zero-order valence-electron chi connectivity index (χ0n) is 9.55. The molecule has 2 aromatic rings. The van der Waals surface area contributed by atoms with Crippen molar-refractivity contribution in [3.63, 3.8) is 0 Å². The first-order valence-corrected chi connectivity index (χ1v) is 5.68. The molecule has 0 aromatic carbocycles. The number of hydrogen-bond acceptors (Lipinski definition) is 6. The summed E-state index contributed by atoms with van der Waals surface area (Å²) in [6.07, 6.45) is 2.87. The van der Waals surface area contributed by atoms with Crippen molar-refractivity contribution in [2.75, 3.05) is 19.7 Å². The van der Waals surface area contributed by atoms with Crippen LogP contribution in [0.3, 0.4) is 0 Å². The van der Waals surface area contributed by atoms with Gasteiger partial charge in [0.25, 0.3) is 5.89 Å². The number of rotatable bonds is 2. The van der Waals surface area contributed by atoms with Gasteiger partial charge in [0.1, 0.15) is 11.7 Å². The molecule has 0 aliphatic carbocycles. The molecular weight excluding hydrogens is 236 g/mol. The predicted octanol–water partition coefficient (Wildman–Crippen LogP) is 0.0858. The van der Waals surface area contributed by atoms with Crippen molar-refractivity contribution >= 4 is 0 Å². The molecular formula is C11H12N4O3. The van der Waals surface area contributed by atoms with Crippen LogP contribution >= 0.6 is 0 Å². The number of nitrogens with zero attached hydrogens (tertiary/aromatic N) is 2. The Balaban J connectivity index is 1.89. The van der Waals surface area contributed by atoms with E-state index in [4.69, 9.17) is 9.26 Å². The minimum atomic E-state index is -0.223. The summed E-state index contributed by atoms with van der Waals surface area (Å²) in [7, 11) is 0. The summed E-state index contributed by atoms with van der Waals surface area (Å²) in [5.41, 5.74) is 0.201. The van der Waals surface area contributed by atoms with Gasteiger partial charge in [0, 0.05) is 31.5 Å². The Hall–Kier alpha value is -1.99. The molecule has 1 aliphatic rings. The highest BCUT2D eigenvalue weighted by Gasteiger charge is 2.22. The smallest absolute Gasteiger partial charge is 0.263 e. The molecule has 1 fully saturated rings. The summed E-state index contributed by atoms with van der Waals surface area (Å²) < 4.78 is 10.6. The molecule has 2 N–H and O–H groups in total. The van der Waals surface area contributed by atoms with Crippen LogP contribution in [0.25, 0.3) is 11.5 Å². The highest BCUT2D eigenvalue weighted by atomic mass is 16.5. The average Bonchev–Trinajstić information content (AvgIpc) is 2.90. The van der Waals surface area contributed by atoms with Crippen LogP contribution in [-0.4, -0.2) is 34.8 Å². The molecule has 3 heterocycles. The second kappa shape index (κ2) is 4.71. The highest BCUT2D eigenvalue weighted by Crippen LogP contribution is 2.18. The number of morpholine rings is 1. The Morgan fingerprint density at radius 3 is 3.17 bits per heavy atom. The zero-order chi connectivity index (χ0) is 12.4. The van der Waals surface area contributed by atoms with E-state index < -0.39 is 0 Å². The molecule has 94 valence electrons. The summed E-state index contributed by atoms with van der Waals surface area (Å²) >= 11 is 0. The number of ether oxygens (including phenoxy) is 1. The standard InChI is InChI=1S/C11H12N4O3/c16-8-1-2-12-5-7(8)11-14-10(15-18-11)9-6-13-3-4-17-9/h1-2,5,9,13H,3-4,6H2,(H,12,16). The van der Waals surface area contributed by atoms with Crippen molar-refractivity contribution in [3.8, 4) is 11.5 Å². The van der Waals surface area contributed by atoms with Crippen LogP contribution in [0.15, 0.2) is 27.8 Å². The maximum atomic E-state index is 11.6. The third-order valence-corrected chi connectivity index (χ3v) is 2.71. The maximum Gasteiger partial charge on any atom is 0.263 e. The second-order valence-corrected chi connectivity index (χ2v) is 3.94. The van der Waals surface area contributed by atoms with Crippen LogP contribution in [0, 0.1) is 0 Å². The highest BCUT2D eigenvalue weighted by molar-refractivity contribution is 5.50. The van der Waals surface area contributed by atoms with E-state index in [0.717, 1.165) is 6.54 Å². The predicted molar refractivity (Wildman–Crippen MR) is 61.9 cm³/mol. The Bertz CT molecular complexity index is 586. The summed E-state index contributed by atoms with van der Waals surface area (Å²) in [5, 5.41) is 7.03. The first kappa shape index (κ1) is 11.1. The van der Waals surface area contributed by atoms with E-state index in [-0.39, 0.29) is 17.4 Å². The summed E-state index contributed by atoms with van der Waals surface area (Å²) in [4.78, 5) is 18.6. The Morgan fingerprint density at radius 1 is 1.44 bits per heavy atom. The molecule has 7 nitrogen and oxygen atoms in total. The van der Waals surface area contributed by atoms with Crippen molar-refractivity contribution in [3.05, 3.63) is 34.5 Å². The lowest BCUT2D eigenvalue weighted by Crippen LogP contribution is -2.33. The number of pyridine rings is 1. The van der Waals surface area contributed by atoms with Crippen molar-refractivity contribution < 1.29 is 9.26 Å². The SMILES string of the molecule is O=c1cc[nH]cc1-c1nc(C2CNCCO2)no1. The fourth-order valence-electron chi connectivity index (χ4n) is 1.79. The number of hydrogen-bond donors (Lipinski definition) is 2. The molecule has 0 spiro atoms. The fourth-order valence-corrected chi connectivity index (χ4v) is 1.79. The Labute approximate surface area is 102 Å². The first-order valence-electron chi connectivity index (χ1n) is 5.68. The molecule has 18 heavy (non-hydrogen) atoms. The molecule has 0 radical (unpaired) electrons. The number of aromatic amines is 1. The summed E-state index contributed by atoms with van der Waals surface area (Å²) in [6.45, 7) is 2.07. The van der Waals surface area contributed by atoms with E-state index >= 15 is 0 Å². The van der Waals surface area contributed by atoms with E-state index in [1.54, 1.807) is 12.4 Å². The van der Waals surface area contributed by atoms with E-state index in [9.17, 15) is 4.79 Å². The third-order valence-electron chi connectivity index (χ3n) is 2.71. The van der Waals surface area contributed by atoms with Crippen LogP contribution in [0.5, 0.6) is 0 Å². The maximum absolute atomic E-state index is 11.6. The van der Waals surface area contributed by atoms with Crippen LogP contribution in [0.4, 0.5) is 0 Å². The van der Waals surface area contributed by atoms with Gasteiger partial charge in [-0.1, -0.05) is 5.16 Å². The average molecular weight is 248 g/mol. The van der Waals surface area contributed by atoms with Gasteiger partial charge < -0.3 is 19.6 Å². The zero-order valence-corrected chi connectivity index (χ0v) is 9.55. The topological polar surface area (TPSA) is 93.0 Å². The van der Waals surface area contributed by atoms with Gasteiger partial charge in [-0.2, -0.15) is 4.98 Å². The lowest BCUT2D eigenvalue weighted by atomic mass is 10.2. The lowest BCUT2D eigenvalue weighted by molar-refractivity contribution is 0.0208. The summed E-state index contributed by atoms with van der Waals surface area (Å²) in [6, 6.07) is 1.41. The first-order chi connectivity index (χ1) is 8.84. The number of H-pyrrole nitrogens is 1. The van der Waals surface area contributed by atoms with Crippen molar-refractivity contribution in [2.24, 2.45) is 0 Å². The van der Waals surface area contributed by atoms with Gasteiger partial charge in [0.15, 0.2) is 5.43 Å². The fraction of sp³-hybridized carbons (Fsp3) is 0.364. The molecule has 2 aromatic heterocycles. The Kier molecular flexibility index (Phi) is 2.91. The van der Waals surface area contributed by atoms with Gasteiger partial charge >= 0.3 is 0 Å². The normalized spacial score (nSPS) is 19.9. The molecule has 0 bridgehead atoms. The van der Waals surface area contributed by atoms with Gasteiger partial charge in [0.05, 0.1) is 6.61 Å². The minimum absolute atomic E-state index is 0.161. The van der Waals surface area contributed by atoms with Crippen molar-refractivity contribution in [2.45, 2.75) is 6.10 Å².